The van der Waals surface area contributed by atoms with Gasteiger partial charge in [0.05, 0.1) is 16.3 Å². The van der Waals surface area contributed by atoms with Crippen molar-refractivity contribution in [1.29, 1.82) is 0 Å². The minimum absolute atomic E-state index is 0.198. The van der Waals surface area contributed by atoms with Gasteiger partial charge < -0.3 is 10.6 Å². The Bertz CT molecular complexity index is 567. The Morgan fingerprint density at radius 3 is 2.53 bits per heavy atom. The van der Waals surface area contributed by atoms with Gasteiger partial charge in [-0.25, -0.2) is 13.1 Å². The van der Waals surface area contributed by atoms with Crippen molar-refractivity contribution in [3.05, 3.63) is 18.2 Å². The van der Waals surface area contributed by atoms with Gasteiger partial charge in [0, 0.05) is 13.1 Å². The zero-order valence-electron chi connectivity index (χ0n) is 11.6. The van der Waals surface area contributed by atoms with E-state index in [1.807, 2.05) is 7.05 Å². The van der Waals surface area contributed by atoms with Crippen LogP contribution in [-0.2, 0) is 10.0 Å². The van der Waals surface area contributed by atoms with Crippen molar-refractivity contribution >= 4 is 21.4 Å². The van der Waals surface area contributed by atoms with Crippen molar-refractivity contribution in [2.45, 2.75) is 30.7 Å². The predicted octanol–water partition coefficient (Wildman–Crippen LogP) is 1.41. The quantitative estimate of drug-likeness (QED) is 0.801. The fraction of sp³-hybridized carbons (Fsp3) is 0.538. The number of hydrogen-bond donors (Lipinski definition) is 2. The minimum Gasteiger partial charge on any atom is -0.397 e. The summed E-state index contributed by atoms with van der Waals surface area (Å²) >= 11 is 0. The monoisotopic (exact) mass is 283 g/mol. The minimum atomic E-state index is -3.44. The molecule has 0 aromatic heterocycles. The molecule has 0 saturated heterocycles. The number of nitrogens with two attached hydrogens (primary N) is 1. The first-order valence-electron chi connectivity index (χ1n) is 6.42. The molecule has 1 atom stereocenters. The molecule has 3 N–H and O–H groups in total. The van der Waals surface area contributed by atoms with Crippen LogP contribution in [0.25, 0.3) is 0 Å². The van der Waals surface area contributed by atoms with Gasteiger partial charge in [0.1, 0.15) is 0 Å². The van der Waals surface area contributed by atoms with Gasteiger partial charge in [-0.3, -0.25) is 0 Å². The van der Waals surface area contributed by atoms with Crippen LogP contribution in [0.1, 0.15) is 19.8 Å². The molecule has 0 bridgehead atoms. The lowest BCUT2D eigenvalue weighted by molar-refractivity contribution is 0.588. The summed E-state index contributed by atoms with van der Waals surface area (Å²) in [5, 5.41) is 0. The Morgan fingerprint density at radius 1 is 1.42 bits per heavy atom. The van der Waals surface area contributed by atoms with Crippen LogP contribution >= 0.6 is 0 Å². The highest BCUT2D eigenvalue weighted by molar-refractivity contribution is 7.89. The molecule has 19 heavy (non-hydrogen) atoms. The van der Waals surface area contributed by atoms with E-state index in [0.29, 0.717) is 11.7 Å². The molecule has 2 rings (SSSR count). The van der Waals surface area contributed by atoms with Crippen LogP contribution in [0.4, 0.5) is 11.4 Å². The average molecular weight is 283 g/mol. The van der Waals surface area contributed by atoms with Crippen LogP contribution in [0, 0.1) is 5.92 Å². The first kappa shape index (κ1) is 14.1. The van der Waals surface area contributed by atoms with Gasteiger partial charge in [0.25, 0.3) is 0 Å². The van der Waals surface area contributed by atoms with Crippen LogP contribution in [0.2, 0.25) is 0 Å². The van der Waals surface area contributed by atoms with E-state index in [1.165, 1.54) is 26.0 Å². The highest BCUT2D eigenvalue weighted by Gasteiger charge is 2.31. The van der Waals surface area contributed by atoms with Crippen LogP contribution in [0.15, 0.2) is 23.1 Å². The molecule has 0 aliphatic heterocycles. The summed E-state index contributed by atoms with van der Waals surface area (Å²) in [4.78, 5) is 2.33. The molecule has 0 radical (unpaired) electrons. The van der Waals surface area contributed by atoms with Crippen LogP contribution in [0.5, 0.6) is 0 Å². The van der Waals surface area contributed by atoms with E-state index >= 15 is 0 Å². The number of rotatable bonds is 5. The molecule has 1 unspecified atom stereocenters. The molecule has 1 aromatic rings. The second kappa shape index (κ2) is 5.02. The molecule has 1 aromatic carbocycles. The topological polar surface area (TPSA) is 75.4 Å². The van der Waals surface area contributed by atoms with Crippen molar-refractivity contribution in [2.24, 2.45) is 5.92 Å². The summed E-state index contributed by atoms with van der Waals surface area (Å²) in [6.45, 7) is 2.18. The molecule has 0 amide bonds. The SMILES string of the molecule is CNS(=O)(=O)c1ccc(N(C)C(C)C2CC2)c(N)c1. The summed E-state index contributed by atoms with van der Waals surface area (Å²) in [5.74, 6) is 0.727. The third kappa shape index (κ3) is 2.84. The first-order valence-corrected chi connectivity index (χ1v) is 7.91. The zero-order valence-corrected chi connectivity index (χ0v) is 12.4. The lowest BCUT2D eigenvalue weighted by Crippen LogP contribution is -2.31. The van der Waals surface area contributed by atoms with E-state index in [0.717, 1.165) is 11.6 Å². The van der Waals surface area contributed by atoms with Gasteiger partial charge >= 0.3 is 0 Å². The largest absolute Gasteiger partial charge is 0.397 e. The molecule has 6 heteroatoms. The predicted molar refractivity (Wildman–Crippen MR) is 77.7 cm³/mol. The summed E-state index contributed by atoms with van der Waals surface area (Å²) in [7, 11) is -0.0454. The fourth-order valence-electron chi connectivity index (χ4n) is 2.25. The molecule has 1 aliphatic carbocycles. The summed E-state index contributed by atoms with van der Waals surface area (Å²) in [6.07, 6.45) is 2.52. The van der Waals surface area contributed by atoms with Gasteiger partial charge in [-0.15, -0.1) is 0 Å². The lowest BCUT2D eigenvalue weighted by Gasteiger charge is -2.28. The third-order valence-electron chi connectivity index (χ3n) is 3.87. The van der Waals surface area contributed by atoms with E-state index in [-0.39, 0.29) is 4.90 Å². The molecule has 0 spiro atoms. The van der Waals surface area contributed by atoms with E-state index < -0.39 is 10.0 Å². The number of hydrogen-bond acceptors (Lipinski definition) is 4. The Morgan fingerprint density at radius 2 is 2.05 bits per heavy atom. The molecule has 1 aliphatic rings. The standard InChI is InChI=1S/C13H21N3O2S/c1-9(10-4-5-10)16(3)13-7-6-11(8-12(13)14)19(17,18)15-2/h6-10,15H,4-5,14H2,1-3H3. The third-order valence-corrected chi connectivity index (χ3v) is 5.29. The Labute approximate surface area is 114 Å². The molecule has 1 saturated carbocycles. The number of anilines is 2. The smallest absolute Gasteiger partial charge is 0.240 e. The molecule has 0 heterocycles. The van der Waals surface area contributed by atoms with Gasteiger partial charge in [0.2, 0.25) is 10.0 Å². The lowest BCUT2D eigenvalue weighted by atomic mass is 10.1. The second-order valence-corrected chi connectivity index (χ2v) is 7.00. The van der Waals surface area contributed by atoms with Crippen molar-refractivity contribution in [3.63, 3.8) is 0 Å². The van der Waals surface area contributed by atoms with E-state index in [1.54, 1.807) is 12.1 Å². The van der Waals surface area contributed by atoms with Crippen LogP contribution < -0.4 is 15.4 Å². The Balaban J connectivity index is 2.29. The molecule has 1 fully saturated rings. The van der Waals surface area contributed by atoms with Gasteiger partial charge in [-0.1, -0.05) is 0 Å². The maximum absolute atomic E-state index is 11.7. The van der Waals surface area contributed by atoms with E-state index in [2.05, 4.69) is 16.5 Å². The Kier molecular flexibility index (Phi) is 3.73. The average Bonchev–Trinajstić information content (AvgIpc) is 3.21. The van der Waals surface area contributed by atoms with Gasteiger partial charge in [-0.05, 0) is 50.9 Å². The van der Waals surface area contributed by atoms with E-state index in [9.17, 15) is 8.42 Å². The number of nitrogens with zero attached hydrogens (tertiary/aromatic N) is 1. The molecular formula is C13H21N3O2S. The summed E-state index contributed by atoms with van der Waals surface area (Å²) in [5.41, 5.74) is 7.37. The van der Waals surface area contributed by atoms with Crippen molar-refractivity contribution in [2.75, 3.05) is 24.7 Å². The second-order valence-electron chi connectivity index (χ2n) is 5.12. The highest BCUT2D eigenvalue weighted by atomic mass is 32.2. The first-order chi connectivity index (χ1) is 8.86. The van der Waals surface area contributed by atoms with Gasteiger partial charge in [-0.2, -0.15) is 0 Å². The molecule has 106 valence electrons. The highest BCUT2D eigenvalue weighted by Crippen LogP contribution is 2.37. The number of sulfonamides is 1. The van der Waals surface area contributed by atoms with Crippen molar-refractivity contribution in [3.8, 4) is 0 Å². The fourth-order valence-corrected chi connectivity index (χ4v) is 3.02. The number of nitrogens with one attached hydrogen (secondary N) is 1. The van der Waals surface area contributed by atoms with Crippen molar-refractivity contribution < 1.29 is 8.42 Å². The van der Waals surface area contributed by atoms with E-state index in [4.69, 9.17) is 5.73 Å². The molecular weight excluding hydrogens is 262 g/mol. The van der Waals surface area contributed by atoms with Gasteiger partial charge in [0.15, 0.2) is 0 Å². The van der Waals surface area contributed by atoms with Crippen LogP contribution in [-0.4, -0.2) is 28.6 Å². The normalized spacial score (nSPS) is 17.2. The van der Waals surface area contributed by atoms with Crippen molar-refractivity contribution in [1.82, 2.24) is 4.72 Å². The van der Waals surface area contributed by atoms with Crippen LogP contribution in [0.3, 0.4) is 0 Å². The molecule has 5 nitrogen and oxygen atoms in total. The number of nitrogen functional groups attached to an aromatic ring is 1. The zero-order chi connectivity index (χ0) is 14.2. The number of benzene rings is 1. The maximum atomic E-state index is 11.7. The summed E-state index contributed by atoms with van der Waals surface area (Å²) < 4.78 is 25.7. The maximum Gasteiger partial charge on any atom is 0.240 e. The summed E-state index contributed by atoms with van der Waals surface area (Å²) in [6, 6.07) is 5.30. The Hall–Kier alpha value is -1.27.